The maximum Gasteiger partial charge on any atom is 0.163 e. The molecule has 0 saturated carbocycles. The molecule has 1 aromatic carbocycles. The van der Waals surface area contributed by atoms with Gasteiger partial charge in [-0.25, -0.2) is 8.78 Å². The van der Waals surface area contributed by atoms with E-state index in [-0.39, 0.29) is 30.0 Å². The summed E-state index contributed by atoms with van der Waals surface area (Å²) in [6.45, 7) is 1.37. The van der Waals surface area contributed by atoms with Gasteiger partial charge in [0, 0.05) is 18.4 Å². The Kier molecular flexibility index (Phi) is 3.66. The van der Waals surface area contributed by atoms with Crippen molar-refractivity contribution in [3.05, 3.63) is 35.4 Å². The molecular formula is C11H10F2O2. The minimum Gasteiger partial charge on any atom is -0.300 e. The van der Waals surface area contributed by atoms with Crippen LogP contribution in [0.3, 0.4) is 0 Å². The molecule has 0 fully saturated rings. The van der Waals surface area contributed by atoms with Crippen LogP contribution in [0.1, 0.15) is 30.1 Å². The van der Waals surface area contributed by atoms with E-state index in [1.54, 1.807) is 0 Å². The molecular weight excluding hydrogens is 202 g/mol. The number of ketones is 2. The molecule has 80 valence electrons. The Morgan fingerprint density at radius 1 is 1.13 bits per heavy atom. The van der Waals surface area contributed by atoms with Gasteiger partial charge in [-0.15, -0.1) is 0 Å². The summed E-state index contributed by atoms with van der Waals surface area (Å²) < 4.78 is 25.3. The van der Waals surface area contributed by atoms with Crippen LogP contribution < -0.4 is 0 Å². The Morgan fingerprint density at radius 3 is 2.33 bits per heavy atom. The zero-order valence-electron chi connectivity index (χ0n) is 8.22. The normalized spacial score (nSPS) is 10.1. The van der Waals surface area contributed by atoms with Gasteiger partial charge in [0.05, 0.1) is 0 Å². The highest BCUT2D eigenvalue weighted by molar-refractivity contribution is 5.97. The lowest BCUT2D eigenvalue weighted by Crippen LogP contribution is -2.03. The highest BCUT2D eigenvalue weighted by atomic mass is 19.2. The third-order valence-electron chi connectivity index (χ3n) is 1.95. The molecule has 0 N–H and O–H groups in total. The molecule has 0 aromatic heterocycles. The van der Waals surface area contributed by atoms with Crippen LogP contribution in [0.2, 0.25) is 0 Å². The molecule has 2 nitrogen and oxygen atoms in total. The Labute approximate surface area is 85.9 Å². The summed E-state index contributed by atoms with van der Waals surface area (Å²) in [5, 5.41) is 0. The molecule has 0 aliphatic heterocycles. The van der Waals surface area contributed by atoms with Crippen LogP contribution in [0.25, 0.3) is 0 Å². The lowest BCUT2D eigenvalue weighted by Gasteiger charge is -2.00. The van der Waals surface area contributed by atoms with Gasteiger partial charge in [0.15, 0.2) is 17.4 Å². The molecule has 1 aromatic rings. The zero-order valence-corrected chi connectivity index (χ0v) is 8.22. The number of carbonyl (C=O) groups is 2. The average Bonchev–Trinajstić information content (AvgIpc) is 2.18. The van der Waals surface area contributed by atoms with Crippen LogP contribution in [0.5, 0.6) is 0 Å². The minimum absolute atomic E-state index is 0.0282. The summed E-state index contributed by atoms with van der Waals surface area (Å²) in [6, 6.07) is 2.95. The van der Waals surface area contributed by atoms with E-state index in [0.29, 0.717) is 0 Å². The second-order valence-corrected chi connectivity index (χ2v) is 3.25. The van der Waals surface area contributed by atoms with E-state index in [4.69, 9.17) is 0 Å². The Balaban J connectivity index is 2.74. The monoisotopic (exact) mass is 212 g/mol. The molecule has 0 saturated heterocycles. The molecule has 0 aliphatic rings. The van der Waals surface area contributed by atoms with E-state index in [2.05, 4.69) is 0 Å². The number of hydrogen-bond donors (Lipinski definition) is 0. The SMILES string of the molecule is CC(=O)CCC(=O)c1ccc(F)c(F)c1. The summed E-state index contributed by atoms with van der Waals surface area (Å²) in [7, 11) is 0. The lowest BCUT2D eigenvalue weighted by molar-refractivity contribution is -0.116. The standard InChI is InChI=1S/C11H10F2O2/c1-7(14)2-5-11(15)8-3-4-9(12)10(13)6-8/h3-4,6H,2,5H2,1H3. The van der Waals surface area contributed by atoms with Gasteiger partial charge >= 0.3 is 0 Å². The second-order valence-electron chi connectivity index (χ2n) is 3.25. The molecule has 0 spiro atoms. The summed E-state index contributed by atoms with van der Waals surface area (Å²) in [5.41, 5.74) is 0.0927. The molecule has 0 atom stereocenters. The molecule has 15 heavy (non-hydrogen) atoms. The van der Waals surface area contributed by atoms with Crippen molar-refractivity contribution in [3.8, 4) is 0 Å². The zero-order chi connectivity index (χ0) is 11.4. The molecule has 0 aliphatic carbocycles. The third kappa shape index (κ3) is 3.23. The van der Waals surface area contributed by atoms with Crippen molar-refractivity contribution < 1.29 is 18.4 Å². The van der Waals surface area contributed by atoms with E-state index in [1.807, 2.05) is 0 Å². The van der Waals surface area contributed by atoms with Gasteiger partial charge in [-0.05, 0) is 25.1 Å². The Bertz CT molecular complexity index is 400. The van der Waals surface area contributed by atoms with Gasteiger partial charge in [0.2, 0.25) is 0 Å². The van der Waals surface area contributed by atoms with Gasteiger partial charge in [-0.2, -0.15) is 0 Å². The minimum atomic E-state index is -1.05. The van der Waals surface area contributed by atoms with Crippen LogP contribution in [-0.4, -0.2) is 11.6 Å². The van der Waals surface area contributed by atoms with E-state index in [1.165, 1.54) is 13.0 Å². The van der Waals surface area contributed by atoms with Gasteiger partial charge in [0.25, 0.3) is 0 Å². The predicted octanol–water partition coefficient (Wildman–Crippen LogP) is 2.52. The van der Waals surface area contributed by atoms with Crippen molar-refractivity contribution in [3.63, 3.8) is 0 Å². The number of Topliss-reactive ketones (excluding diaryl/α,β-unsaturated/α-hetero) is 2. The van der Waals surface area contributed by atoms with E-state index >= 15 is 0 Å². The highest BCUT2D eigenvalue weighted by Crippen LogP contribution is 2.11. The molecule has 1 rings (SSSR count). The summed E-state index contributed by atoms with van der Waals surface area (Å²) in [6.07, 6.45) is 0.151. The number of benzene rings is 1. The largest absolute Gasteiger partial charge is 0.300 e. The first-order valence-electron chi connectivity index (χ1n) is 4.48. The quantitative estimate of drug-likeness (QED) is 0.718. The van der Waals surface area contributed by atoms with Crippen molar-refractivity contribution in [1.29, 1.82) is 0 Å². The Hall–Kier alpha value is -1.58. The molecule has 4 heteroatoms. The Morgan fingerprint density at radius 2 is 1.80 bits per heavy atom. The molecule has 0 bridgehead atoms. The van der Waals surface area contributed by atoms with Crippen molar-refractivity contribution in [2.45, 2.75) is 19.8 Å². The van der Waals surface area contributed by atoms with Crippen molar-refractivity contribution >= 4 is 11.6 Å². The maximum absolute atomic E-state index is 12.7. The summed E-state index contributed by atoms with van der Waals surface area (Å²) >= 11 is 0. The van der Waals surface area contributed by atoms with Crippen molar-refractivity contribution in [1.82, 2.24) is 0 Å². The van der Waals surface area contributed by atoms with Gasteiger partial charge in [-0.1, -0.05) is 0 Å². The molecule has 0 amide bonds. The van der Waals surface area contributed by atoms with Crippen molar-refractivity contribution in [2.75, 3.05) is 0 Å². The first-order chi connectivity index (χ1) is 7.00. The molecule has 0 unspecified atom stereocenters. The average molecular weight is 212 g/mol. The van der Waals surface area contributed by atoms with Crippen LogP contribution in [0.15, 0.2) is 18.2 Å². The highest BCUT2D eigenvalue weighted by Gasteiger charge is 2.10. The fourth-order valence-corrected chi connectivity index (χ4v) is 1.10. The fourth-order valence-electron chi connectivity index (χ4n) is 1.10. The fraction of sp³-hybridized carbons (Fsp3) is 0.273. The number of rotatable bonds is 4. The maximum atomic E-state index is 12.7. The predicted molar refractivity (Wildman–Crippen MR) is 50.6 cm³/mol. The molecule has 0 heterocycles. The van der Waals surface area contributed by atoms with Gasteiger partial charge < -0.3 is 4.79 Å². The summed E-state index contributed by atoms with van der Waals surface area (Å²) in [5.74, 6) is -2.50. The van der Waals surface area contributed by atoms with Crippen LogP contribution in [0, 0.1) is 11.6 Å². The van der Waals surface area contributed by atoms with Crippen LogP contribution in [-0.2, 0) is 4.79 Å². The third-order valence-corrected chi connectivity index (χ3v) is 1.95. The van der Waals surface area contributed by atoms with Gasteiger partial charge in [-0.3, -0.25) is 4.79 Å². The molecule has 0 radical (unpaired) electrons. The van der Waals surface area contributed by atoms with E-state index < -0.39 is 11.6 Å². The first kappa shape index (κ1) is 11.5. The second kappa shape index (κ2) is 4.77. The van der Waals surface area contributed by atoms with Crippen LogP contribution in [0.4, 0.5) is 8.78 Å². The number of halogens is 2. The first-order valence-corrected chi connectivity index (χ1v) is 4.48. The van der Waals surface area contributed by atoms with Crippen molar-refractivity contribution in [2.24, 2.45) is 0 Å². The van der Waals surface area contributed by atoms with Gasteiger partial charge in [0.1, 0.15) is 5.78 Å². The van der Waals surface area contributed by atoms with E-state index in [0.717, 1.165) is 12.1 Å². The summed E-state index contributed by atoms with van der Waals surface area (Å²) in [4.78, 5) is 22.0. The topological polar surface area (TPSA) is 34.1 Å². The number of carbonyl (C=O) groups excluding carboxylic acids is 2. The lowest BCUT2D eigenvalue weighted by atomic mass is 10.1. The van der Waals surface area contributed by atoms with Crippen LogP contribution >= 0.6 is 0 Å². The van der Waals surface area contributed by atoms with E-state index in [9.17, 15) is 18.4 Å². The smallest absolute Gasteiger partial charge is 0.163 e. The number of hydrogen-bond acceptors (Lipinski definition) is 2.